The normalized spacial score (nSPS) is 11.9. The average Bonchev–Trinajstić information content (AvgIpc) is 2.87. The number of ether oxygens (including phenoxy) is 1. The Bertz CT molecular complexity index is 812. The number of benzene rings is 1. The van der Waals surface area contributed by atoms with Crippen LogP contribution in [0, 0.1) is 18.3 Å². The molecular formula is C21H31N3O2Si. The summed E-state index contributed by atoms with van der Waals surface area (Å²) in [6.07, 6.45) is 0. The van der Waals surface area contributed by atoms with Crippen LogP contribution in [0.25, 0.3) is 0 Å². The highest BCUT2D eigenvalue weighted by molar-refractivity contribution is 6.74. The van der Waals surface area contributed by atoms with Crippen LogP contribution in [-0.4, -0.2) is 26.6 Å². The molecule has 27 heavy (non-hydrogen) atoms. The second-order valence-corrected chi connectivity index (χ2v) is 13.0. The Morgan fingerprint density at radius 1 is 1.19 bits per heavy atom. The summed E-state index contributed by atoms with van der Waals surface area (Å²) in [6.45, 7) is 14.4. The topological polar surface area (TPSA) is 59.2 Å². The summed E-state index contributed by atoms with van der Waals surface area (Å²) in [5.41, 5.74) is 3.39. The number of rotatable bonds is 7. The summed E-state index contributed by atoms with van der Waals surface area (Å²) in [6, 6.07) is 12.3. The van der Waals surface area contributed by atoms with Crippen molar-refractivity contribution in [3.63, 3.8) is 0 Å². The molecule has 1 aromatic heterocycles. The lowest BCUT2D eigenvalue weighted by Crippen LogP contribution is -2.43. The SMILES string of the molecule is COCCn1c(C)cc(Nc2ccc(O[Si](C)(C)C(C)(C)C)cc2)c1C#N. The lowest BCUT2D eigenvalue weighted by molar-refractivity contribution is 0.186. The number of aromatic nitrogens is 1. The Kier molecular flexibility index (Phi) is 6.40. The van der Waals surface area contributed by atoms with E-state index in [1.54, 1.807) is 7.11 Å². The van der Waals surface area contributed by atoms with Crippen molar-refractivity contribution in [3.05, 3.63) is 41.7 Å². The molecule has 0 aliphatic heterocycles. The molecule has 0 aliphatic carbocycles. The minimum Gasteiger partial charge on any atom is -0.544 e. The molecule has 0 bridgehead atoms. The third-order valence-corrected chi connectivity index (χ3v) is 9.60. The largest absolute Gasteiger partial charge is 0.544 e. The van der Waals surface area contributed by atoms with Crippen molar-refractivity contribution < 1.29 is 9.16 Å². The third kappa shape index (κ3) is 4.94. The Labute approximate surface area is 164 Å². The number of aryl methyl sites for hydroxylation is 1. The predicted octanol–water partition coefficient (Wildman–Crippen LogP) is 5.44. The number of hydrogen-bond acceptors (Lipinski definition) is 4. The Morgan fingerprint density at radius 3 is 2.33 bits per heavy atom. The molecule has 5 nitrogen and oxygen atoms in total. The molecule has 0 unspecified atom stereocenters. The summed E-state index contributed by atoms with van der Waals surface area (Å²) in [5.74, 6) is 0.890. The monoisotopic (exact) mass is 385 g/mol. The van der Waals surface area contributed by atoms with Crippen LogP contribution in [0.15, 0.2) is 30.3 Å². The van der Waals surface area contributed by atoms with Gasteiger partial charge in [-0.2, -0.15) is 5.26 Å². The first-order valence-electron chi connectivity index (χ1n) is 9.24. The predicted molar refractivity (Wildman–Crippen MR) is 113 cm³/mol. The summed E-state index contributed by atoms with van der Waals surface area (Å²) in [4.78, 5) is 0. The van der Waals surface area contributed by atoms with Crippen molar-refractivity contribution in [1.82, 2.24) is 4.57 Å². The van der Waals surface area contributed by atoms with Gasteiger partial charge in [0.05, 0.1) is 12.3 Å². The molecule has 0 atom stereocenters. The van der Waals surface area contributed by atoms with E-state index in [0.717, 1.165) is 22.8 Å². The molecule has 1 aromatic carbocycles. The van der Waals surface area contributed by atoms with Gasteiger partial charge in [0.1, 0.15) is 17.5 Å². The van der Waals surface area contributed by atoms with Crippen LogP contribution >= 0.6 is 0 Å². The number of nitrogens with zero attached hydrogens (tertiary/aromatic N) is 2. The fraction of sp³-hybridized carbons (Fsp3) is 0.476. The molecule has 0 amide bonds. The number of anilines is 2. The minimum atomic E-state index is -1.85. The average molecular weight is 386 g/mol. The summed E-state index contributed by atoms with van der Waals surface area (Å²) in [5, 5.41) is 13.1. The van der Waals surface area contributed by atoms with Crippen molar-refractivity contribution in [2.45, 2.75) is 52.4 Å². The molecule has 2 rings (SSSR count). The molecule has 0 saturated carbocycles. The second-order valence-electron chi connectivity index (χ2n) is 8.32. The minimum absolute atomic E-state index is 0.161. The van der Waals surface area contributed by atoms with E-state index in [1.165, 1.54) is 0 Å². The van der Waals surface area contributed by atoms with Gasteiger partial charge in [-0.25, -0.2) is 0 Å². The van der Waals surface area contributed by atoms with Crippen molar-refractivity contribution in [2.75, 3.05) is 19.0 Å². The van der Waals surface area contributed by atoms with Crippen molar-refractivity contribution >= 4 is 19.7 Å². The quantitative estimate of drug-likeness (QED) is 0.645. The Hall–Kier alpha value is -2.23. The summed E-state index contributed by atoms with van der Waals surface area (Å²) in [7, 11) is -0.183. The van der Waals surface area contributed by atoms with E-state index in [-0.39, 0.29) is 5.04 Å². The number of nitriles is 1. The zero-order valence-corrected chi connectivity index (χ0v) is 18.5. The molecule has 1 heterocycles. The van der Waals surface area contributed by atoms with Gasteiger partial charge in [-0.15, -0.1) is 0 Å². The van der Waals surface area contributed by atoms with E-state index >= 15 is 0 Å². The Morgan fingerprint density at radius 2 is 1.81 bits per heavy atom. The number of nitrogens with one attached hydrogen (secondary N) is 1. The van der Waals surface area contributed by atoms with Crippen LogP contribution in [0.5, 0.6) is 5.75 Å². The van der Waals surface area contributed by atoms with E-state index in [1.807, 2.05) is 41.8 Å². The zero-order valence-electron chi connectivity index (χ0n) is 17.5. The van der Waals surface area contributed by atoms with E-state index in [0.29, 0.717) is 18.8 Å². The van der Waals surface area contributed by atoms with Gasteiger partial charge in [0.15, 0.2) is 0 Å². The van der Waals surface area contributed by atoms with Crippen LogP contribution in [0.3, 0.4) is 0 Å². The van der Waals surface area contributed by atoms with Crippen molar-refractivity contribution in [1.29, 1.82) is 5.26 Å². The standard InChI is InChI=1S/C21H31N3O2Si/c1-16-14-19(20(15-22)24(16)12-13-25-5)23-17-8-10-18(11-9-17)26-27(6,7)21(2,3)4/h8-11,14,23H,12-13H2,1-7H3. The van der Waals surface area contributed by atoms with Gasteiger partial charge in [-0.3, -0.25) is 0 Å². The molecule has 2 aromatic rings. The highest BCUT2D eigenvalue weighted by Crippen LogP contribution is 2.37. The van der Waals surface area contributed by atoms with Crippen LogP contribution in [-0.2, 0) is 11.3 Å². The van der Waals surface area contributed by atoms with Gasteiger partial charge < -0.3 is 19.0 Å². The van der Waals surface area contributed by atoms with Crippen LogP contribution in [0.1, 0.15) is 32.2 Å². The van der Waals surface area contributed by atoms with E-state index in [9.17, 15) is 5.26 Å². The summed E-state index contributed by atoms with van der Waals surface area (Å²) >= 11 is 0. The first-order valence-corrected chi connectivity index (χ1v) is 12.1. The maximum atomic E-state index is 9.57. The maximum absolute atomic E-state index is 9.57. The highest BCUT2D eigenvalue weighted by atomic mass is 28.4. The molecule has 146 valence electrons. The number of hydrogen-bond donors (Lipinski definition) is 1. The van der Waals surface area contributed by atoms with E-state index < -0.39 is 8.32 Å². The third-order valence-electron chi connectivity index (χ3n) is 5.24. The lowest BCUT2D eigenvalue weighted by atomic mass is 10.2. The molecule has 6 heteroatoms. The van der Waals surface area contributed by atoms with Gasteiger partial charge in [0, 0.05) is 25.0 Å². The van der Waals surface area contributed by atoms with Crippen LogP contribution in [0.2, 0.25) is 18.1 Å². The molecule has 0 radical (unpaired) electrons. The lowest BCUT2D eigenvalue weighted by Gasteiger charge is -2.36. The van der Waals surface area contributed by atoms with Gasteiger partial charge in [-0.1, -0.05) is 20.8 Å². The highest BCUT2D eigenvalue weighted by Gasteiger charge is 2.38. The van der Waals surface area contributed by atoms with Crippen molar-refractivity contribution in [3.8, 4) is 11.8 Å². The van der Waals surface area contributed by atoms with Gasteiger partial charge in [0.2, 0.25) is 8.32 Å². The number of methoxy groups -OCH3 is 1. The van der Waals surface area contributed by atoms with Gasteiger partial charge in [0.25, 0.3) is 0 Å². The molecule has 1 N–H and O–H groups in total. The molecule has 0 aliphatic rings. The van der Waals surface area contributed by atoms with E-state index in [4.69, 9.17) is 9.16 Å². The first kappa shape index (κ1) is 21.1. The summed E-state index contributed by atoms with van der Waals surface area (Å²) < 4.78 is 13.4. The fourth-order valence-corrected chi connectivity index (χ4v) is 3.60. The van der Waals surface area contributed by atoms with Gasteiger partial charge in [-0.05, 0) is 55.4 Å². The smallest absolute Gasteiger partial charge is 0.250 e. The zero-order chi connectivity index (χ0) is 20.2. The van der Waals surface area contributed by atoms with Crippen LogP contribution < -0.4 is 9.74 Å². The molecular weight excluding hydrogens is 354 g/mol. The molecule has 0 fully saturated rings. The first-order chi connectivity index (χ1) is 12.6. The fourth-order valence-electron chi connectivity index (χ4n) is 2.57. The van der Waals surface area contributed by atoms with Crippen LogP contribution in [0.4, 0.5) is 11.4 Å². The van der Waals surface area contributed by atoms with Gasteiger partial charge >= 0.3 is 0 Å². The second kappa shape index (κ2) is 8.20. The molecule has 0 saturated heterocycles. The maximum Gasteiger partial charge on any atom is 0.250 e. The van der Waals surface area contributed by atoms with E-state index in [2.05, 4.69) is 45.3 Å². The van der Waals surface area contributed by atoms with Crippen molar-refractivity contribution in [2.24, 2.45) is 0 Å². The molecule has 0 spiro atoms. The Balaban J connectivity index is 2.17.